The molecule has 0 spiro atoms. The van der Waals surface area contributed by atoms with Gasteiger partial charge in [0, 0.05) is 12.1 Å². The number of carbonyl (C=O) groups excluding carboxylic acids is 1. The third-order valence-corrected chi connectivity index (χ3v) is 5.24. The molecule has 0 bridgehead atoms. The van der Waals surface area contributed by atoms with Crippen molar-refractivity contribution in [2.75, 3.05) is 19.6 Å². The van der Waals surface area contributed by atoms with Crippen LogP contribution in [-0.2, 0) is 0 Å². The Morgan fingerprint density at radius 3 is 2.62 bits per heavy atom. The zero-order valence-corrected chi connectivity index (χ0v) is 16.0. The van der Waals surface area contributed by atoms with Crippen LogP contribution < -0.4 is 10.6 Å². The number of aromatic nitrogens is 2. The van der Waals surface area contributed by atoms with Gasteiger partial charge in [0.15, 0.2) is 0 Å². The highest BCUT2D eigenvalue weighted by Crippen LogP contribution is 2.29. The van der Waals surface area contributed by atoms with Gasteiger partial charge >= 0.3 is 0 Å². The summed E-state index contributed by atoms with van der Waals surface area (Å²) < 4.78 is 0.705. The van der Waals surface area contributed by atoms with Crippen molar-refractivity contribution in [1.82, 2.24) is 20.8 Å². The summed E-state index contributed by atoms with van der Waals surface area (Å²) in [6.45, 7) is 4.93. The standard InChI is InChI=1S/C17H21BrN4O.ClH/c1-17(7-9-19-10-8-17)11-20-16(23)15-13(18)14(21-22-15)12-5-3-2-4-6-12;/h2-6,19H,7-11H2,1H3,(H,20,23)(H,21,22);1H. The number of amides is 1. The van der Waals surface area contributed by atoms with Crippen LogP contribution in [0.25, 0.3) is 11.3 Å². The first-order valence-electron chi connectivity index (χ1n) is 7.87. The van der Waals surface area contributed by atoms with Gasteiger partial charge < -0.3 is 10.6 Å². The summed E-state index contributed by atoms with van der Waals surface area (Å²) in [5.41, 5.74) is 2.36. The van der Waals surface area contributed by atoms with Crippen molar-refractivity contribution < 1.29 is 4.79 Å². The van der Waals surface area contributed by atoms with Crippen LogP contribution in [0.1, 0.15) is 30.3 Å². The lowest BCUT2D eigenvalue weighted by Crippen LogP contribution is -2.43. The Morgan fingerprint density at radius 2 is 1.96 bits per heavy atom. The van der Waals surface area contributed by atoms with E-state index >= 15 is 0 Å². The monoisotopic (exact) mass is 412 g/mol. The third-order valence-electron chi connectivity index (χ3n) is 4.47. The second-order valence-electron chi connectivity index (χ2n) is 6.37. The molecule has 1 aliphatic heterocycles. The molecular weight excluding hydrogens is 392 g/mol. The van der Waals surface area contributed by atoms with Gasteiger partial charge in [-0.2, -0.15) is 5.10 Å². The van der Waals surface area contributed by atoms with E-state index in [0.717, 1.165) is 37.2 Å². The van der Waals surface area contributed by atoms with Crippen LogP contribution >= 0.6 is 28.3 Å². The number of nitrogens with zero attached hydrogens (tertiary/aromatic N) is 1. The van der Waals surface area contributed by atoms with E-state index < -0.39 is 0 Å². The molecule has 0 unspecified atom stereocenters. The average Bonchev–Trinajstić information content (AvgIpc) is 2.96. The molecule has 7 heteroatoms. The first-order chi connectivity index (χ1) is 11.1. The molecule has 0 radical (unpaired) electrons. The number of carbonyl (C=O) groups is 1. The van der Waals surface area contributed by atoms with E-state index in [2.05, 4.69) is 43.7 Å². The van der Waals surface area contributed by atoms with E-state index in [9.17, 15) is 4.79 Å². The van der Waals surface area contributed by atoms with Crippen molar-refractivity contribution in [3.63, 3.8) is 0 Å². The minimum absolute atomic E-state index is 0. The van der Waals surface area contributed by atoms with Gasteiger partial charge in [0.25, 0.3) is 5.91 Å². The second-order valence-corrected chi connectivity index (χ2v) is 7.16. The van der Waals surface area contributed by atoms with E-state index in [1.54, 1.807) is 0 Å². The molecule has 1 aromatic carbocycles. The molecule has 5 nitrogen and oxygen atoms in total. The molecule has 0 aliphatic carbocycles. The van der Waals surface area contributed by atoms with Gasteiger partial charge in [-0.3, -0.25) is 9.89 Å². The fraction of sp³-hybridized carbons (Fsp3) is 0.412. The number of aromatic amines is 1. The first-order valence-corrected chi connectivity index (χ1v) is 8.67. The van der Waals surface area contributed by atoms with Crippen LogP contribution in [0.5, 0.6) is 0 Å². The molecular formula is C17H22BrClN4O. The van der Waals surface area contributed by atoms with Gasteiger partial charge in [-0.05, 0) is 47.3 Å². The van der Waals surface area contributed by atoms with Gasteiger partial charge in [0.05, 0.1) is 4.47 Å². The Balaban J connectivity index is 0.00000208. The Morgan fingerprint density at radius 1 is 1.29 bits per heavy atom. The molecule has 1 amide bonds. The molecule has 1 aliphatic rings. The number of hydrogen-bond donors (Lipinski definition) is 3. The molecule has 1 fully saturated rings. The SMILES string of the molecule is CC1(CNC(=O)c2[nH]nc(-c3ccccc3)c2Br)CCNCC1.Cl. The minimum atomic E-state index is -0.119. The lowest BCUT2D eigenvalue weighted by molar-refractivity contribution is 0.0916. The maximum Gasteiger partial charge on any atom is 0.270 e. The summed E-state index contributed by atoms with van der Waals surface area (Å²) in [5.74, 6) is -0.119. The fourth-order valence-electron chi connectivity index (χ4n) is 2.86. The van der Waals surface area contributed by atoms with E-state index in [0.29, 0.717) is 16.7 Å². The van der Waals surface area contributed by atoms with Crippen molar-refractivity contribution in [1.29, 1.82) is 0 Å². The third kappa shape index (κ3) is 4.18. The Labute approximate surface area is 156 Å². The van der Waals surface area contributed by atoms with Crippen LogP contribution in [-0.4, -0.2) is 35.7 Å². The number of H-pyrrole nitrogens is 1. The quantitative estimate of drug-likeness (QED) is 0.719. The zero-order chi connectivity index (χ0) is 16.3. The number of piperidine rings is 1. The van der Waals surface area contributed by atoms with Crippen LogP contribution in [0.3, 0.4) is 0 Å². The number of nitrogens with one attached hydrogen (secondary N) is 3. The summed E-state index contributed by atoms with van der Waals surface area (Å²) in [7, 11) is 0. The van der Waals surface area contributed by atoms with Gasteiger partial charge in [-0.1, -0.05) is 37.3 Å². The summed E-state index contributed by atoms with van der Waals surface area (Å²) in [5, 5.41) is 13.5. The second kappa shape index (κ2) is 8.14. The molecule has 2 heterocycles. The van der Waals surface area contributed by atoms with Crippen LogP contribution in [0, 0.1) is 5.41 Å². The smallest absolute Gasteiger partial charge is 0.270 e. The summed E-state index contributed by atoms with van der Waals surface area (Å²) in [6, 6.07) is 9.80. The normalized spacial score (nSPS) is 16.2. The summed E-state index contributed by atoms with van der Waals surface area (Å²) in [4.78, 5) is 12.5. The molecule has 24 heavy (non-hydrogen) atoms. The molecule has 1 saturated heterocycles. The number of halogens is 2. The van der Waals surface area contributed by atoms with Crippen molar-refractivity contribution in [3.05, 3.63) is 40.5 Å². The molecule has 3 N–H and O–H groups in total. The maximum atomic E-state index is 12.5. The lowest BCUT2D eigenvalue weighted by Gasteiger charge is -2.34. The first kappa shape index (κ1) is 19.0. The van der Waals surface area contributed by atoms with E-state index in [-0.39, 0.29) is 23.7 Å². The van der Waals surface area contributed by atoms with E-state index in [1.165, 1.54) is 0 Å². The molecule has 1 aromatic heterocycles. The highest BCUT2D eigenvalue weighted by Gasteiger charge is 2.28. The average molecular weight is 414 g/mol. The summed E-state index contributed by atoms with van der Waals surface area (Å²) >= 11 is 3.50. The van der Waals surface area contributed by atoms with Gasteiger partial charge in [-0.15, -0.1) is 12.4 Å². The van der Waals surface area contributed by atoms with Gasteiger partial charge in [-0.25, -0.2) is 0 Å². The van der Waals surface area contributed by atoms with Gasteiger partial charge in [0.2, 0.25) is 0 Å². The van der Waals surface area contributed by atoms with Crippen molar-refractivity contribution in [2.24, 2.45) is 5.41 Å². The van der Waals surface area contributed by atoms with E-state index in [4.69, 9.17) is 0 Å². The molecule has 0 atom stereocenters. The molecule has 3 rings (SSSR count). The molecule has 2 aromatic rings. The van der Waals surface area contributed by atoms with Gasteiger partial charge in [0.1, 0.15) is 11.4 Å². The number of rotatable bonds is 4. The Bertz CT molecular complexity index is 683. The maximum absolute atomic E-state index is 12.5. The largest absolute Gasteiger partial charge is 0.350 e. The van der Waals surface area contributed by atoms with Crippen LogP contribution in [0.4, 0.5) is 0 Å². The molecule has 130 valence electrons. The van der Waals surface area contributed by atoms with E-state index in [1.807, 2.05) is 30.3 Å². The lowest BCUT2D eigenvalue weighted by atomic mass is 9.81. The van der Waals surface area contributed by atoms with Crippen LogP contribution in [0.2, 0.25) is 0 Å². The highest BCUT2D eigenvalue weighted by atomic mass is 79.9. The Hall–Kier alpha value is -1.37. The van der Waals surface area contributed by atoms with Crippen LogP contribution in [0.15, 0.2) is 34.8 Å². The molecule has 0 saturated carbocycles. The minimum Gasteiger partial charge on any atom is -0.350 e. The number of benzene rings is 1. The van der Waals surface area contributed by atoms with Crippen molar-refractivity contribution in [2.45, 2.75) is 19.8 Å². The predicted molar refractivity (Wildman–Crippen MR) is 102 cm³/mol. The number of hydrogen-bond acceptors (Lipinski definition) is 3. The fourth-order valence-corrected chi connectivity index (χ4v) is 3.44. The zero-order valence-electron chi connectivity index (χ0n) is 13.6. The summed E-state index contributed by atoms with van der Waals surface area (Å²) in [6.07, 6.45) is 2.15. The predicted octanol–water partition coefficient (Wildman–Crippen LogP) is 3.38. The topological polar surface area (TPSA) is 69.8 Å². The van der Waals surface area contributed by atoms with Crippen molar-refractivity contribution >= 4 is 34.2 Å². The Kier molecular flexibility index (Phi) is 6.43. The highest BCUT2D eigenvalue weighted by molar-refractivity contribution is 9.10. The van der Waals surface area contributed by atoms with Crippen molar-refractivity contribution in [3.8, 4) is 11.3 Å².